The smallest absolute Gasteiger partial charge is 0.262 e. The van der Waals surface area contributed by atoms with Gasteiger partial charge in [-0.25, -0.2) is 0 Å². The maximum Gasteiger partial charge on any atom is 0.262 e. The molecule has 5 nitrogen and oxygen atoms in total. The fourth-order valence-corrected chi connectivity index (χ4v) is 1.73. The first kappa shape index (κ1) is 9.47. The van der Waals surface area contributed by atoms with Crippen molar-refractivity contribution in [3.63, 3.8) is 0 Å². The highest BCUT2D eigenvalue weighted by Gasteiger charge is 2.20. The van der Waals surface area contributed by atoms with Crippen LogP contribution in [0, 0.1) is 0 Å². The number of rotatable bonds is 2. The van der Waals surface area contributed by atoms with Crippen LogP contribution < -0.4 is 15.4 Å². The van der Waals surface area contributed by atoms with Gasteiger partial charge in [0, 0.05) is 5.69 Å². The molecule has 0 aromatic heterocycles. The molecule has 0 saturated carbocycles. The summed E-state index contributed by atoms with van der Waals surface area (Å²) in [5.41, 5.74) is 1.69. The molecule has 16 heavy (non-hydrogen) atoms. The number of nitrogens with one attached hydrogen (secondary N) is 2. The van der Waals surface area contributed by atoms with Crippen LogP contribution in [0.2, 0.25) is 0 Å². The quantitative estimate of drug-likeness (QED) is 0.775. The first-order valence-electron chi connectivity index (χ1n) is 5.22. The van der Waals surface area contributed by atoms with Crippen molar-refractivity contribution in [3.05, 3.63) is 18.2 Å². The molecule has 0 radical (unpaired) electrons. The molecule has 2 aliphatic heterocycles. The normalized spacial score (nSPS) is 19.1. The summed E-state index contributed by atoms with van der Waals surface area (Å²) in [5, 5.41) is 6.09. The summed E-state index contributed by atoms with van der Waals surface area (Å²) in [7, 11) is 0. The third kappa shape index (κ3) is 1.69. The van der Waals surface area contributed by atoms with Crippen molar-refractivity contribution >= 4 is 17.3 Å². The van der Waals surface area contributed by atoms with Crippen LogP contribution in [0.25, 0.3) is 0 Å². The maximum atomic E-state index is 11.2. The third-order valence-corrected chi connectivity index (χ3v) is 2.62. The van der Waals surface area contributed by atoms with E-state index in [1.807, 2.05) is 18.2 Å². The van der Waals surface area contributed by atoms with Gasteiger partial charge in [-0.2, -0.15) is 0 Å². The zero-order valence-electron chi connectivity index (χ0n) is 8.66. The van der Waals surface area contributed by atoms with E-state index < -0.39 is 0 Å². The van der Waals surface area contributed by atoms with Gasteiger partial charge in [0.25, 0.3) is 5.91 Å². The maximum absolute atomic E-state index is 11.2. The summed E-state index contributed by atoms with van der Waals surface area (Å²) >= 11 is 0. The predicted molar refractivity (Wildman–Crippen MR) is 58.8 cm³/mol. The number of carbonyl (C=O) groups is 1. The zero-order valence-corrected chi connectivity index (χ0v) is 8.66. The Balaban J connectivity index is 1.80. The molecule has 3 rings (SSSR count). The van der Waals surface area contributed by atoms with Gasteiger partial charge in [-0.1, -0.05) is 0 Å². The molecule has 0 atom stereocenters. The molecule has 0 bridgehead atoms. The van der Waals surface area contributed by atoms with Gasteiger partial charge in [0.2, 0.25) is 0 Å². The second-order valence-corrected chi connectivity index (χ2v) is 3.93. The van der Waals surface area contributed by atoms with E-state index in [1.165, 1.54) is 0 Å². The first-order valence-corrected chi connectivity index (χ1v) is 5.22. The van der Waals surface area contributed by atoms with Crippen LogP contribution >= 0.6 is 0 Å². The Labute approximate surface area is 92.7 Å². The average molecular weight is 220 g/mol. The van der Waals surface area contributed by atoms with Crippen molar-refractivity contribution in [1.29, 1.82) is 0 Å². The molecule has 1 amide bonds. The lowest BCUT2D eigenvalue weighted by Crippen LogP contribution is -2.40. The van der Waals surface area contributed by atoms with Gasteiger partial charge >= 0.3 is 0 Å². The topological polar surface area (TPSA) is 59.6 Å². The number of benzene rings is 1. The Hall–Kier alpha value is -1.75. The summed E-state index contributed by atoms with van der Waals surface area (Å²) in [4.78, 5) is 11.2. The number of anilines is 2. The Kier molecular flexibility index (Phi) is 2.18. The van der Waals surface area contributed by atoms with Crippen LogP contribution in [0.1, 0.15) is 0 Å². The second kappa shape index (κ2) is 3.68. The van der Waals surface area contributed by atoms with Crippen LogP contribution in [0.3, 0.4) is 0 Å². The molecule has 2 aliphatic rings. The monoisotopic (exact) mass is 220 g/mol. The highest BCUT2D eigenvalue weighted by atomic mass is 16.5. The molecular weight excluding hydrogens is 208 g/mol. The molecule has 2 N–H and O–H groups in total. The zero-order chi connectivity index (χ0) is 11.0. The Morgan fingerprint density at radius 1 is 1.38 bits per heavy atom. The van der Waals surface area contributed by atoms with E-state index in [2.05, 4.69) is 10.6 Å². The Bertz CT molecular complexity index is 429. The summed E-state index contributed by atoms with van der Waals surface area (Å²) in [5.74, 6) is 0.603. The number of hydrogen-bond donors (Lipinski definition) is 2. The molecular formula is C11H12N2O3. The summed E-state index contributed by atoms with van der Waals surface area (Å²) in [6, 6.07) is 6.05. The number of amides is 1. The molecule has 5 heteroatoms. The lowest BCUT2D eigenvalue weighted by Gasteiger charge is -2.28. The number of carbonyl (C=O) groups excluding carboxylic acids is 1. The highest BCUT2D eigenvalue weighted by Crippen LogP contribution is 2.30. The lowest BCUT2D eigenvalue weighted by atomic mass is 10.2. The fraction of sp³-hybridized carbons (Fsp3) is 0.364. The van der Waals surface area contributed by atoms with Crippen molar-refractivity contribution < 1.29 is 14.3 Å². The number of ether oxygens (including phenoxy) is 2. The van der Waals surface area contributed by atoms with Gasteiger partial charge in [0.1, 0.15) is 5.75 Å². The van der Waals surface area contributed by atoms with E-state index in [-0.39, 0.29) is 12.5 Å². The summed E-state index contributed by atoms with van der Waals surface area (Å²) in [6.45, 7) is 1.57. The van der Waals surface area contributed by atoms with E-state index in [0.717, 1.165) is 30.3 Å². The van der Waals surface area contributed by atoms with E-state index in [9.17, 15) is 4.79 Å². The minimum atomic E-state index is -0.114. The number of hydrogen-bond acceptors (Lipinski definition) is 4. The molecule has 1 aromatic rings. The van der Waals surface area contributed by atoms with Gasteiger partial charge in [0.05, 0.1) is 24.9 Å². The third-order valence-electron chi connectivity index (χ3n) is 2.62. The van der Waals surface area contributed by atoms with Gasteiger partial charge in [-0.05, 0) is 18.2 Å². The first-order chi connectivity index (χ1) is 7.81. The van der Waals surface area contributed by atoms with Crippen LogP contribution in [-0.2, 0) is 9.53 Å². The molecule has 1 aromatic carbocycles. The van der Waals surface area contributed by atoms with E-state index >= 15 is 0 Å². The molecule has 0 spiro atoms. The molecule has 1 saturated heterocycles. The largest absolute Gasteiger partial charge is 0.482 e. The molecule has 84 valence electrons. The van der Waals surface area contributed by atoms with Crippen molar-refractivity contribution in [2.75, 3.05) is 30.5 Å². The molecule has 2 heterocycles. The van der Waals surface area contributed by atoms with Gasteiger partial charge in [-0.15, -0.1) is 0 Å². The van der Waals surface area contributed by atoms with Crippen molar-refractivity contribution in [2.45, 2.75) is 6.04 Å². The second-order valence-electron chi connectivity index (χ2n) is 3.93. The van der Waals surface area contributed by atoms with Crippen LogP contribution in [0.5, 0.6) is 5.75 Å². The van der Waals surface area contributed by atoms with Crippen molar-refractivity contribution in [2.24, 2.45) is 0 Å². The minimum Gasteiger partial charge on any atom is -0.482 e. The fourth-order valence-electron chi connectivity index (χ4n) is 1.73. The van der Waals surface area contributed by atoms with Gasteiger partial charge in [-0.3, -0.25) is 4.79 Å². The molecule has 1 fully saturated rings. The van der Waals surface area contributed by atoms with Crippen LogP contribution in [0.4, 0.5) is 11.4 Å². The molecule has 0 aliphatic carbocycles. The van der Waals surface area contributed by atoms with Crippen LogP contribution in [-0.4, -0.2) is 31.8 Å². The van der Waals surface area contributed by atoms with E-state index in [0.29, 0.717) is 6.04 Å². The number of fused-ring (bicyclic) bond motifs is 1. The van der Waals surface area contributed by atoms with Gasteiger partial charge < -0.3 is 20.1 Å². The lowest BCUT2D eigenvalue weighted by molar-refractivity contribution is -0.118. The Morgan fingerprint density at radius 3 is 3.00 bits per heavy atom. The van der Waals surface area contributed by atoms with Crippen molar-refractivity contribution in [3.8, 4) is 5.75 Å². The van der Waals surface area contributed by atoms with Crippen LogP contribution in [0.15, 0.2) is 18.2 Å². The summed E-state index contributed by atoms with van der Waals surface area (Å²) < 4.78 is 10.4. The molecule has 0 unspecified atom stereocenters. The van der Waals surface area contributed by atoms with E-state index in [1.54, 1.807) is 0 Å². The minimum absolute atomic E-state index is 0.0935. The predicted octanol–water partition coefficient (Wildman–Crippen LogP) is 0.828. The van der Waals surface area contributed by atoms with Gasteiger partial charge in [0.15, 0.2) is 6.61 Å². The SMILES string of the molecule is O=C1COc2ccc(NC3COC3)cc2N1. The van der Waals surface area contributed by atoms with E-state index in [4.69, 9.17) is 9.47 Å². The average Bonchev–Trinajstić information content (AvgIpc) is 2.23. The summed E-state index contributed by atoms with van der Waals surface area (Å²) in [6.07, 6.45) is 0. The standard InChI is InChI=1S/C11H12N2O3/c14-11-6-16-10-2-1-7(3-9(10)13-11)12-8-4-15-5-8/h1-3,8,12H,4-6H2,(H,13,14). The highest BCUT2D eigenvalue weighted by molar-refractivity contribution is 5.96. The Morgan fingerprint density at radius 2 is 2.25 bits per heavy atom. The van der Waals surface area contributed by atoms with Crippen molar-refractivity contribution in [1.82, 2.24) is 0 Å².